The number of primary amides is 1. The summed E-state index contributed by atoms with van der Waals surface area (Å²) in [4.78, 5) is 25.5. The van der Waals surface area contributed by atoms with Crippen LogP contribution in [-0.2, 0) is 21.5 Å². The van der Waals surface area contributed by atoms with Crippen LogP contribution in [0.25, 0.3) is 0 Å². The van der Waals surface area contributed by atoms with E-state index >= 15 is 0 Å². The first-order chi connectivity index (χ1) is 24.1. The average molecular weight is 668 g/mol. The molecule has 0 unspecified atom stereocenters. The summed E-state index contributed by atoms with van der Waals surface area (Å²) in [5, 5.41) is 0. The van der Waals surface area contributed by atoms with Gasteiger partial charge in [0, 0.05) is 56.8 Å². The Bertz CT molecular complexity index is 1390. The first-order valence-electron chi connectivity index (χ1n) is 18.7. The van der Waals surface area contributed by atoms with Crippen LogP contribution in [0.2, 0.25) is 0 Å². The van der Waals surface area contributed by atoms with Crippen molar-refractivity contribution in [2.45, 2.75) is 69.4 Å². The van der Waals surface area contributed by atoms with Gasteiger partial charge in [0.1, 0.15) is 11.2 Å². The Balaban J connectivity index is 0.900. The summed E-state index contributed by atoms with van der Waals surface area (Å²) < 4.78 is 11.7. The van der Waals surface area contributed by atoms with Crippen LogP contribution < -0.4 is 10.5 Å². The Kier molecular flexibility index (Phi) is 12.7. The lowest BCUT2D eigenvalue weighted by Crippen LogP contribution is -2.49. The number of methoxy groups -OCH3 is 1. The van der Waals surface area contributed by atoms with Crippen molar-refractivity contribution in [1.82, 2.24) is 19.7 Å². The molecule has 3 aliphatic rings. The van der Waals surface area contributed by atoms with E-state index < -0.39 is 5.41 Å². The molecule has 6 rings (SSSR count). The van der Waals surface area contributed by atoms with E-state index in [1.807, 2.05) is 48.7 Å². The fourth-order valence-corrected chi connectivity index (χ4v) is 8.38. The van der Waals surface area contributed by atoms with Crippen molar-refractivity contribution >= 4 is 5.91 Å². The highest BCUT2D eigenvalue weighted by molar-refractivity contribution is 5.91. The lowest BCUT2D eigenvalue weighted by Gasteiger charge is -2.39. The number of amides is 1. The van der Waals surface area contributed by atoms with Gasteiger partial charge in [0.05, 0.1) is 13.7 Å². The second-order valence-electron chi connectivity index (χ2n) is 14.5. The highest BCUT2D eigenvalue weighted by atomic mass is 16.5. The number of carbonyl (C=O) groups is 1. The number of likely N-dealkylation sites (tertiary alicyclic amines) is 2. The van der Waals surface area contributed by atoms with Crippen LogP contribution in [0.3, 0.4) is 0 Å². The van der Waals surface area contributed by atoms with Crippen molar-refractivity contribution in [2.24, 2.45) is 17.6 Å². The van der Waals surface area contributed by atoms with Crippen LogP contribution in [0.15, 0.2) is 79.1 Å². The van der Waals surface area contributed by atoms with Gasteiger partial charge in [0.15, 0.2) is 0 Å². The van der Waals surface area contributed by atoms with Crippen molar-refractivity contribution in [3.63, 3.8) is 0 Å². The van der Waals surface area contributed by atoms with Gasteiger partial charge < -0.3 is 25.0 Å². The Morgan fingerprint density at radius 2 is 1.57 bits per heavy atom. The van der Waals surface area contributed by atoms with E-state index in [9.17, 15) is 4.79 Å². The van der Waals surface area contributed by atoms with Gasteiger partial charge in [-0.3, -0.25) is 14.7 Å². The molecule has 2 N–H and O–H groups in total. The molecule has 8 heteroatoms. The summed E-state index contributed by atoms with van der Waals surface area (Å²) in [6.45, 7) is 9.89. The number of benzene rings is 2. The normalized spacial score (nSPS) is 19.4. The van der Waals surface area contributed by atoms with E-state index in [0.29, 0.717) is 6.04 Å². The van der Waals surface area contributed by atoms with Crippen molar-refractivity contribution in [3.8, 4) is 5.75 Å². The van der Waals surface area contributed by atoms with Gasteiger partial charge in [-0.2, -0.15) is 0 Å². The summed E-state index contributed by atoms with van der Waals surface area (Å²) in [5.41, 5.74) is 8.59. The maximum atomic E-state index is 13.4. The largest absolute Gasteiger partial charge is 0.496 e. The Hall–Kier alpha value is -3.30. The van der Waals surface area contributed by atoms with Gasteiger partial charge in [0.25, 0.3) is 0 Å². The number of nitrogens with zero attached hydrogens (tertiary/aromatic N) is 4. The number of ether oxygens (including phenoxy) is 2. The topological polar surface area (TPSA) is 84.2 Å². The highest BCUT2D eigenvalue weighted by Gasteiger charge is 2.49. The second-order valence-corrected chi connectivity index (χ2v) is 14.5. The van der Waals surface area contributed by atoms with Crippen molar-refractivity contribution < 1.29 is 14.3 Å². The number of nitrogens with two attached hydrogens (primary N) is 1. The number of piperidine rings is 1. The number of rotatable bonds is 19. The molecule has 1 saturated carbocycles. The molecule has 1 amide bonds. The van der Waals surface area contributed by atoms with E-state index in [2.05, 4.69) is 43.9 Å². The monoisotopic (exact) mass is 667 g/mol. The molecule has 2 saturated heterocycles. The first kappa shape index (κ1) is 35.5. The molecule has 1 atom stereocenters. The van der Waals surface area contributed by atoms with E-state index in [4.69, 9.17) is 15.2 Å². The third-order valence-corrected chi connectivity index (χ3v) is 11.3. The number of hydrogen-bond acceptors (Lipinski definition) is 7. The van der Waals surface area contributed by atoms with E-state index in [-0.39, 0.29) is 11.8 Å². The molecular formula is C41H57N5O3. The molecule has 1 aromatic heterocycles. The van der Waals surface area contributed by atoms with Crippen molar-refractivity contribution in [1.29, 1.82) is 0 Å². The first-order valence-corrected chi connectivity index (χ1v) is 18.7. The maximum absolute atomic E-state index is 13.4. The smallest absolute Gasteiger partial charge is 0.232 e. The molecule has 1 aliphatic carbocycles. The zero-order valence-corrected chi connectivity index (χ0v) is 29.6. The number of carbonyl (C=O) groups excluding carboxylic acids is 1. The van der Waals surface area contributed by atoms with Gasteiger partial charge in [-0.05, 0) is 107 Å². The molecule has 0 spiro atoms. The molecule has 49 heavy (non-hydrogen) atoms. The number of pyridine rings is 1. The molecular weight excluding hydrogens is 610 g/mol. The molecule has 3 aromatic rings. The predicted octanol–water partition coefficient (Wildman–Crippen LogP) is 5.75. The molecule has 2 aliphatic heterocycles. The van der Waals surface area contributed by atoms with Gasteiger partial charge in [-0.1, -0.05) is 60.7 Å². The Labute approximate surface area is 294 Å². The summed E-state index contributed by atoms with van der Waals surface area (Å²) in [6, 6.07) is 22.9. The van der Waals surface area contributed by atoms with Crippen LogP contribution in [0.1, 0.15) is 68.1 Å². The fourth-order valence-electron chi connectivity index (χ4n) is 8.38. The van der Waals surface area contributed by atoms with Gasteiger partial charge >= 0.3 is 0 Å². The molecule has 3 heterocycles. The minimum atomic E-state index is -0.837. The zero-order valence-electron chi connectivity index (χ0n) is 29.6. The van der Waals surface area contributed by atoms with Crippen LogP contribution >= 0.6 is 0 Å². The van der Waals surface area contributed by atoms with Crippen LogP contribution in [0.4, 0.5) is 0 Å². The van der Waals surface area contributed by atoms with Gasteiger partial charge in [-0.25, -0.2) is 0 Å². The molecule has 0 radical (unpaired) electrons. The number of unbranched alkanes of at least 4 members (excludes halogenated alkanes) is 2. The third-order valence-electron chi connectivity index (χ3n) is 11.3. The number of aromatic nitrogens is 1. The molecule has 0 bridgehead atoms. The zero-order chi connectivity index (χ0) is 33.9. The quantitative estimate of drug-likeness (QED) is 0.163. The van der Waals surface area contributed by atoms with Crippen LogP contribution in [-0.4, -0.2) is 97.8 Å². The lowest BCUT2D eigenvalue weighted by atomic mass is 9.64. The summed E-state index contributed by atoms with van der Waals surface area (Å²) in [5.74, 6) is 1.70. The number of hydrogen-bond donors (Lipinski definition) is 1. The maximum Gasteiger partial charge on any atom is 0.232 e. The van der Waals surface area contributed by atoms with Crippen LogP contribution in [0.5, 0.6) is 5.75 Å². The van der Waals surface area contributed by atoms with Gasteiger partial charge in [0.2, 0.25) is 5.91 Å². The van der Waals surface area contributed by atoms with E-state index in [1.165, 1.54) is 57.2 Å². The molecule has 8 nitrogen and oxygen atoms in total. The Morgan fingerprint density at radius 3 is 2.22 bits per heavy atom. The molecule has 2 aromatic carbocycles. The summed E-state index contributed by atoms with van der Waals surface area (Å²) >= 11 is 0. The molecule has 3 fully saturated rings. The van der Waals surface area contributed by atoms with Gasteiger partial charge in [-0.15, -0.1) is 0 Å². The predicted molar refractivity (Wildman–Crippen MR) is 195 cm³/mol. The summed E-state index contributed by atoms with van der Waals surface area (Å²) in [6.07, 6.45) is 13.5. The highest BCUT2D eigenvalue weighted by Crippen LogP contribution is 2.43. The Morgan fingerprint density at radius 1 is 0.878 bits per heavy atom. The van der Waals surface area contributed by atoms with E-state index in [0.717, 1.165) is 88.1 Å². The minimum Gasteiger partial charge on any atom is -0.496 e. The fraction of sp³-hybridized carbons (Fsp3) is 0.561. The average Bonchev–Trinajstić information content (AvgIpc) is 3.84. The van der Waals surface area contributed by atoms with Crippen molar-refractivity contribution in [2.75, 3.05) is 66.1 Å². The summed E-state index contributed by atoms with van der Waals surface area (Å²) in [7, 11) is 1.74. The lowest BCUT2D eigenvalue weighted by molar-refractivity contribution is -0.123. The van der Waals surface area contributed by atoms with Crippen LogP contribution in [0, 0.1) is 11.8 Å². The third kappa shape index (κ3) is 9.09. The van der Waals surface area contributed by atoms with E-state index in [1.54, 1.807) is 13.3 Å². The second kappa shape index (κ2) is 17.6. The standard InChI is InChI=1S/C41H57N5O3/c1-48-39-17-21-43-29-34(39)31-44-24-19-38(20-25-44)46(30-33-15-16-33)22-9-4-10-27-49-28-26-45-23-18-37(32-45)41(40(42)47,35-11-5-2-6-12-35)36-13-7-3-8-14-36/h2-3,5-8,11-14,17,21,29,33,37-38H,4,9-10,15-16,18-20,22-28,30-32H2,1H3,(H2,42,47)/t37-/m1/s1. The minimum absolute atomic E-state index is 0.116. The molecule has 264 valence electrons. The van der Waals surface area contributed by atoms with Crippen molar-refractivity contribution in [3.05, 3.63) is 95.8 Å². The SMILES string of the molecule is COc1ccncc1CN1CCC(N(CCCCCOCCN2CC[C@@H](C(C(N)=O)(c3ccccc3)c3ccccc3)C2)CC2CC2)CC1.